The molecule has 0 N–H and O–H groups in total. The lowest BCUT2D eigenvalue weighted by Crippen LogP contribution is -2.08. The Labute approximate surface area is 105 Å². The Morgan fingerprint density at radius 3 is 2.59 bits per heavy atom. The van der Waals surface area contributed by atoms with E-state index in [9.17, 15) is 18.0 Å². The minimum atomic E-state index is -4.45. The van der Waals surface area contributed by atoms with Crippen molar-refractivity contribution < 1.29 is 18.0 Å². The van der Waals surface area contributed by atoms with Crippen molar-refractivity contribution in [1.82, 2.24) is 0 Å². The molecule has 0 aromatic heterocycles. The zero-order valence-electron chi connectivity index (χ0n) is 8.86. The van der Waals surface area contributed by atoms with Gasteiger partial charge < -0.3 is 0 Å². The fourth-order valence-corrected chi connectivity index (χ4v) is 1.65. The molecule has 90 valence electrons. The fraction of sp³-hybridized carbons (Fsp3) is 0.250. The summed E-state index contributed by atoms with van der Waals surface area (Å²) >= 11 is 3.05. The predicted octanol–water partition coefficient (Wildman–Crippen LogP) is 4.06. The van der Waals surface area contributed by atoms with Crippen molar-refractivity contribution in [2.45, 2.75) is 19.5 Å². The van der Waals surface area contributed by atoms with E-state index in [0.717, 1.165) is 12.1 Å². The topological polar surface area (TPSA) is 17.1 Å². The van der Waals surface area contributed by atoms with Crippen molar-refractivity contribution in [2.24, 2.45) is 0 Å². The quantitative estimate of drug-likeness (QED) is 0.595. The molecule has 1 aromatic carbocycles. The summed E-state index contributed by atoms with van der Waals surface area (Å²) in [5, 5.41) is 0. The molecule has 0 fully saturated rings. The van der Waals surface area contributed by atoms with Crippen molar-refractivity contribution in [3.63, 3.8) is 0 Å². The zero-order chi connectivity index (χ0) is 13.1. The average Bonchev–Trinajstić information content (AvgIpc) is 2.24. The van der Waals surface area contributed by atoms with E-state index >= 15 is 0 Å². The number of carbonyl (C=O) groups is 1. The largest absolute Gasteiger partial charge is 0.416 e. The molecule has 0 aliphatic rings. The summed E-state index contributed by atoms with van der Waals surface area (Å²) in [6, 6.07) is 2.98. The Morgan fingerprint density at radius 2 is 2.06 bits per heavy atom. The van der Waals surface area contributed by atoms with Gasteiger partial charge >= 0.3 is 6.18 Å². The van der Waals surface area contributed by atoms with Crippen LogP contribution in [-0.2, 0) is 6.18 Å². The molecule has 0 heterocycles. The van der Waals surface area contributed by atoms with E-state index < -0.39 is 17.5 Å². The molecule has 1 rings (SSSR count). The summed E-state index contributed by atoms with van der Waals surface area (Å²) in [5.74, 6) is 4.62. The average molecular weight is 305 g/mol. The van der Waals surface area contributed by atoms with E-state index in [1.54, 1.807) is 6.92 Å². The van der Waals surface area contributed by atoms with Gasteiger partial charge in [-0.25, -0.2) is 0 Å². The van der Waals surface area contributed by atoms with E-state index in [2.05, 4.69) is 27.8 Å². The molecule has 0 spiro atoms. The van der Waals surface area contributed by atoms with Crippen molar-refractivity contribution >= 4 is 21.7 Å². The number of carbonyl (C=O) groups excluding carboxylic acids is 1. The first-order valence-electron chi connectivity index (χ1n) is 4.66. The van der Waals surface area contributed by atoms with Crippen LogP contribution in [0.25, 0.3) is 0 Å². The number of alkyl halides is 3. The summed E-state index contributed by atoms with van der Waals surface area (Å²) in [6.07, 6.45) is -4.54. The van der Waals surface area contributed by atoms with Crippen LogP contribution >= 0.6 is 15.9 Å². The Hall–Kier alpha value is -1.28. The number of halogens is 4. The van der Waals surface area contributed by atoms with Gasteiger partial charge in [0.1, 0.15) is 0 Å². The van der Waals surface area contributed by atoms with Gasteiger partial charge in [0.05, 0.1) is 12.0 Å². The van der Waals surface area contributed by atoms with Crippen molar-refractivity contribution in [3.8, 4) is 11.8 Å². The minimum Gasteiger partial charge on any atom is -0.293 e. The van der Waals surface area contributed by atoms with Gasteiger partial charge in [0.15, 0.2) is 5.78 Å². The molecule has 1 aromatic rings. The molecule has 1 nitrogen and oxygen atoms in total. The Bertz CT molecular complexity index is 495. The van der Waals surface area contributed by atoms with Gasteiger partial charge in [0.2, 0.25) is 0 Å². The first kappa shape index (κ1) is 13.8. The van der Waals surface area contributed by atoms with Crippen molar-refractivity contribution in [2.75, 3.05) is 0 Å². The first-order chi connectivity index (χ1) is 7.86. The second-order valence-electron chi connectivity index (χ2n) is 3.22. The molecule has 0 aliphatic carbocycles. The molecule has 0 unspecified atom stereocenters. The predicted molar refractivity (Wildman–Crippen MR) is 61.5 cm³/mol. The third-order valence-electron chi connectivity index (χ3n) is 2.02. The van der Waals surface area contributed by atoms with Crippen LogP contribution in [0.1, 0.15) is 29.3 Å². The van der Waals surface area contributed by atoms with Crippen LogP contribution in [-0.4, -0.2) is 5.78 Å². The smallest absolute Gasteiger partial charge is 0.293 e. The highest BCUT2D eigenvalue weighted by Crippen LogP contribution is 2.32. The van der Waals surface area contributed by atoms with Crippen LogP contribution in [0.3, 0.4) is 0 Å². The van der Waals surface area contributed by atoms with E-state index in [-0.39, 0.29) is 12.0 Å². The molecule has 17 heavy (non-hydrogen) atoms. The molecule has 0 saturated heterocycles. The van der Waals surface area contributed by atoms with Gasteiger partial charge in [-0.3, -0.25) is 4.79 Å². The van der Waals surface area contributed by atoms with Gasteiger partial charge in [-0.1, -0.05) is 21.9 Å². The van der Waals surface area contributed by atoms with Crippen LogP contribution in [0.2, 0.25) is 0 Å². The second-order valence-corrected chi connectivity index (χ2v) is 4.07. The lowest BCUT2D eigenvalue weighted by Gasteiger charge is -2.09. The molecule has 0 saturated carbocycles. The van der Waals surface area contributed by atoms with Gasteiger partial charge in [-0.05, 0) is 25.1 Å². The molecule has 0 bridgehead atoms. The van der Waals surface area contributed by atoms with Gasteiger partial charge in [0.25, 0.3) is 0 Å². The van der Waals surface area contributed by atoms with Crippen LogP contribution in [0.5, 0.6) is 0 Å². The summed E-state index contributed by atoms with van der Waals surface area (Å²) in [4.78, 5) is 11.6. The van der Waals surface area contributed by atoms with Crippen LogP contribution < -0.4 is 0 Å². The number of Topliss-reactive ketones (excluding diaryl/α,β-unsaturated/α-hetero) is 1. The number of ketones is 1. The van der Waals surface area contributed by atoms with Gasteiger partial charge in [0, 0.05) is 10.0 Å². The monoisotopic (exact) mass is 304 g/mol. The maximum Gasteiger partial charge on any atom is 0.416 e. The van der Waals surface area contributed by atoms with E-state index in [1.165, 1.54) is 6.07 Å². The normalized spacial score (nSPS) is 10.6. The van der Waals surface area contributed by atoms with E-state index in [4.69, 9.17) is 0 Å². The molecule has 0 amide bonds. The number of rotatable bonds is 2. The van der Waals surface area contributed by atoms with E-state index in [1.807, 2.05) is 0 Å². The molecule has 5 heteroatoms. The minimum absolute atomic E-state index is 0.00238. The summed E-state index contributed by atoms with van der Waals surface area (Å²) in [5.41, 5.74) is -0.837. The van der Waals surface area contributed by atoms with Crippen LogP contribution in [0.15, 0.2) is 22.7 Å². The van der Waals surface area contributed by atoms with Gasteiger partial charge in [-0.15, -0.1) is 5.92 Å². The maximum absolute atomic E-state index is 12.5. The molecule has 0 aliphatic heterocycles. The van der Waals surface area contributed by atoms with Crippen LogP contribution in [0, 0.1) is 11.8 Å². The molecular formula is C12H8BrF3O. The third kappa shape index (κ3) is 3.60. The highest BCUT2D eigenvalue weighted by Gasteiger charge is 2.31. The highest BCUT2D eigenvalue weighted by atomic mass is 79.9. The highest BCUT2D eigenvalue weighted by molar-refractivity contribution is 9.10. The SMILES string of the molecule is CC#CCC(=O)c1cc(C(F)(F)F)ccc1Br. The van der Waals surface area contributed by atoms with Crippen molar-refractivity contribution in [3.05, 3.63) is 33.8 Å². The Kier molecular flexibility index (Phi) is 4.35. The lowest BCUT2D eigenvalue weighted by molar-refractivity contribution is -0.137. The second kappa shape index (κ2) is 5.37. The number of hydrogen-bond donors (Lipinski definition) is 0. The van der Waals surface area contributed by atoms with Crippen molar-refractivity contribution in [1.29, 1.82) is 0 Å². The Morgan fingerprint density at radius 1 is 1.41 bits per heavy atom. The van der Waals surface area contributed by atoms with Crippen LogP contribution in [0.4, 0.5) is 13.2 Å². The summed E-state index contributed by atoms with van der Waals surface area (Å²) < 4.78 is 37.7. The summed E-state index contributed by atoms with van der Waals surface area (Å²) in [7, 11) is 0. The number of benzene rings is 1. The third-order valence-corrected chi connectivity index (χ3v) is 2.71. The lowest BCUT2D eigenvalue weighted by atomic mass is 10.1. The van der Waals surface area contributed by atoms with Gasteiger partial charge in [-0.2, -0.15) is 13.2 Å². The molecule has 0 atom stereocenters. The fourth-order valence-electron chi connectivity index (χ4n) is 1.18. The maximum atomic E-state index is 12.5. The van der Waals surface area contributed by atoms with E-state index in [0.29, 0.717) is 4.47 Å². The molecule has 0 radical (unpaired) electrons. The first-order valence-corrected chi connectivity index (χ1v) is 5.45. The number of hydrogen-bond acceptors (Lipinski definition) is 1. The molecular weight excluding hydrogens is 297 g/mol. The standard InChI is InChI=1S/C12H8BrF3O/c1-2-3-4-11(17)9-7-8(12(14,15)16)5-6-10(9)13/h5-7H,4H2,1H3. The Balaban J connectivity index is 3.14. The zero-order valence-corrected chi connectivity index (χ0v) is 10.4. The summed E-state index contributed by atoms with van der Waals surface area (Å²) in [6.45, 7) is 1.56.